The summed E-state index contributed by atoms with van der Waals surface area (Å²) in [6.45, 7) is 2.12. The van der Waals surface area contributed by atoms with Crippen LogP contribution in [0.2, 0.25) is 0 Å². The van der Waals surface area contributed by atoms with Gasteiger partial charge in [0.2, 0.25) is 0 Å². The van der Waals surface area contributed by atoms with Gasteiger partial charge in [-0.3, -0.25) is 24.5 Å². The van der Waals surface area contributed by atoms with E-state index in [2.05, 4.69) is 25.5 Å². The standard InChI is InChI=1S/C28H37N5O8/c34-22(11-12-23(26(37)38)31-28(41)32-24(27(39)40)13-14-25(35)36)10-2-1-7-17-33(18-20-8-3-5-15-29-20)19-21-9-4-6-16-30-21/h3-6,8-9,15-16,23-24H,1-2,7,10-14,17-19H2,(H,35,36)(H,37,38)(H,39,40)(H2,31,32,41)/t23-,24-/m0/s1. The number of nitrogens with zero attached hydrogens (tertiary/aromatic N) is 3. The SMILES string of the molecule is O=C(O)CC[C@H](NC(=O)N[C@@H](CCC(=O)CCCCCN(Cc1ccccn1)Cc1ccccn1)C(=O)O)C(=O)O. The van der Waals surface area contributed by atoms with Crippen LogP contribution in [0.1, 0.15) is 62.8 Å². The van der Waals surface area contributed by atoms with Gasteiger partial charge in [-0.25, -0.2) is 14.4 Å². The summed E-state index contributed by atoms with van der Waals surface area (Å²) in [5.74, 6) is -4.18. The molecule has 13 heteroatoms. The van der Waals surface area contributed by atoms with E-state index in [0.717, 1.165) is 30.8 Å². The number of Topliss-reactive ketones (excluding diaryl/α,β-unsaturated/α-hetero) is 1. The fraction of sp³-hybridized carbons (Fsp3) is 0.464. The van der Waals surface area contributed by atoms with Crippen LogP contribution < -0.4 is 10.6 Å². The molecule has 0 bridgehead atoms. The maximum Gasteiger partial charge on any atom is 0.326 e. The number of unbranched alkanes of at least 4 members (excludes halogenated alkanes) is 2. The van der Waals surface area contributed by atoms with Crippen LogP contribution in [-0.2, 0) is 32.3 Å². The van der Waals surface area contributed by atoms with E-state index in [1.165, 1.54) is 0 Å². The summed E-state index contributed by atoms with van der Waals surface area (Å²) in [6.07, 6.45) is 4.99. The van der Waals surface area contributed by atoms with Gasteiger partial charge in [0, 0.05) is 44.7 Å². The summed E-state index contributed by atoms with van der Waals surface area (Å²) in [4.78, 5) is 69.0. The molecule has 0 aliphatic rings. The van der Waals surface area contributed by atoms with Crippen molar-refractivity contribution >= 4 is 29.7 Å². The molecule has 5 N–H and O–H groups in total. The number of carboxylic acid groups (broad SMARTS) is 3. The van der Waals surface area contributed by atoms with E-state index in [-0.39, 0.29) is 31.5 Å². The van der Waals surface area contributed by atoms with Crippen molar-refractivity contribution in [1.29, 1.82) is 0 Å². The number of urea groups is 1. The predicted octanol–water partition coefficient (Wildman–Crippen LogP) is 2.46. The van der Waals surface area contributed by atoms with Gasteiger partial charge < -0.3 is 26.0 Å². The molecule has 2 amide bonds. The molecule has 2 rings (SSSR count). The maximum absolute atomic E-state index is 12.4. The van der Waals surface area contributed by atoms with Crippen LogP contribution in [0, 0.1) is 0 Å². The first-order valence-electron chi connectivity index (χ1n) is 13.4. The third kappa shape index (κ3) is 14.0. The molecular formula is C28H37N5O8. The molecule has 2 aromatic heterocycles. The van der Waals surface area contributed by atoms with Crippen molar-refractivity contribution in [3.05, 3.63) is 60.2 Å². The molecule has 222 valence electrons. The molecule has 0 unspecified atom stereocenters. The first kappa shape index (κ1) is 32.8. The Morgan fingerprint density at radius 2 is 1.24 bits per heavy atom. The molecule has 0 spiro atoms. The summed E-state index contributed by atoms with van der Waals surface area (Å²) in [5, 5.41) is 31.4. The van der Waals surface area contributed by atoms with E-state index < -0.39 is 42.4 Å². The monoisotopic (exact) mass is 571 g/mol. The lowest BCUT2D eigenvalue weighted by Crippen LogP contribution is -2.51. The van der Waals surface area contributed by atoms with Crippen LogP contribution >= 0.6 is 0 Å². The summed E-state index contributed by atoms with van der Waals surface area (Å²) < 4.78 is 0. The average molecular weight is 572 g/mol. The first-order valence-corrected chi connectivity index (χ1v) is 13.4. The van der Waals surface area contributed by atoms with E-state index in [9.17, 15) is 29.1 Å². The Balaban J connectivity index is 1.74. The summed E-state index contributed by atoms with van der Waals surface area (Å²) in [7, 11) is 0. The molecule has 0 aromatic carbocycles. The van der Waals surface area contributed by atoms with Crippen molar-refractivity contribution in [3.63, 3.8) is 0 Å². The highest BCUT2D eigenvalue weighted by Gasteiger charge is 2.25. The number of amides is 2. The van der Waals surface area contributed by atoms with Gasteiger partial charge in [0.25, 0.3) is 0 Å². The number of aromatic nitrogens is 2. The molecule has 0 aliphatic carbocycles. The van der Waals surface area contributed by atoms with Crippen LogP contribution in [0.25, 0.3) is 0 Å². The van der Waals surface area contributed by atoms with Crippen LogP contribution in [0.4, 0.5) is 4.79 Å². The van der Waals surface area contributed by atoms with Gasteiger partial charge >= 0.3 is 23.9 Å². The smallest absolute Gasteiger partial charge is 0.326 e. The van der Waals surface area contributed by atoms with Crippen molar-refractivity contribution in [2.75, 3.05) is 6.54 Å². The summed E-state index contributed by atoms with van der Waals surface area (Å²) in [5.41, 5.74) is 1.90. The minimum atomic E-state index is -1.49. The number of carbonyl (C=O) groups excluding carboxylic acids is 2. The fourth-order valence-electron chi connectivity index (χ4n) is 4.06. The number of nitrogens with one attached hydrogen (secondary N) is 2. The average Bonchev–Trinajstić information content (AvgIpc) is 2.93. The van der Waals surface area contributed by atoms with Gasteiger partial charge in [-0.15, -0.1) is 0 Å². The zero-order valence-corrected chi connectivity index (χ0v) is 22.8. The third-order valence-electron chi connectivity index (χ3n) is 6.22. The Bertz CT molecular complexity index is 1090. The molecule has 0 saturated carbocycles. The molecule has 0 radical (unpaired) electrons. The Kier molecular flexibility index (Phi) is 14.5. The lowest BCUT2D eigenvalue weighted by molar-refractivity contribution is -0.141. The van der Waals surface area contributed by atoms with Gasteiger partial charge in [0.15, 0.2) is 0 Å². The van der Waals surface area contributed by atoms with E-state index in [1.807, 2.05) is 36.4 Å². The van der Waals surface area contributed by atoms with Crippen molar-refractivity contribution in [3.8, 4) is 0 Å². The number of pyridine rings is 2. The van der Waals surface area contributed by atoms with Gasteiger partial charge in [-0.2, -0.15) is 0 Å². The van der Waals surface area contributed by atoms with E-state index in [0.29, 0.717) is 19.5 Å². The van der Waals surface area contributed by atoms with Gasteiger partial charge in [-0.1, -0.05) is 18.6 Å². The third-order valence-corrected chi connectivity index (χ3v) is 6.22. The van der Waals surface area contributed by atoms with Crippen LogP contribution in [0.15, 0.2) is 48.8 Å². The van der Waals surface area contributed by atoms with Crippen molar-refractivity contribution in [2.24, 2.45) is 0 Å². The second kappa shape index (κ2) is 18.1. The highest BCUT2D eigenvalue weighted by Crippen LogP contribution is 2.11. The Morgan fingerprint density at radius 3 is 1.71 bits per heavy atom. The molecule has 0 aliphatic heterocycles. The van der Waals surface area contributed by atoms with Gasteiger partial charge in [-0.05, 0) is 56.5 Å². The fourth-order valence-corrected chi connectivity index (χ4v) is 4.06. The molecule has 2 aromatic rings. The van der Waals surface area contributed by atoms with Crippen LogP contribution in [-0.4, -0.2) is 78.5 Å². The van der Waals surface area contributed by atoms with Gasteiger partial charge in [0.1, 0.15) is 17.9 Å². The highest BCUT2D eigenvalue weighted by molar-refractivity contribution is 5.87. The van der Waals surface area contributed by atoms with E-state index >= 15 is 0 Å². The molecule has 2 atom stereocenters. The molecule has 41 heavy (non-hydrogen) atoms. The Hall–Kier alpha value is -4.39. The number of ketones is 1. The lowest BCUT2D eigenvalue weighted by Gasteiger charge is -2.21. The zero-order valence-electron chi connectivity index (χ0n) is 22.8. The maximum atomic E-state index is 12.4. The minimum Gasteiger partial charge on any atom is -0.481 e. The predicted molar refractivity (Wildman–Crippen MR) is 147 cm³/mol. The van der Waals surface area contributed by atoms with Crippen molar-refractivity contribution < 1.29 is 39.3 Å². The largest absolute Gasteiger partial charge is 0.481 e. The molecular weight excluding hydrogens is 534 g/mol. The number of hydrogen-bond acceptors (Lipinski definition) is 8. The summed E-state index contributed by atoms with van der Waals surface area (Å²) in [6, 6.07) is 7.60. The van der Waals surface area contributed by atoms with Crippen molar-refractivity contribution in [2.45, 2.75) is 76.5 Å². The number of rotatable bonds is 20. The van der Waals surface area contributed by atoms with Crippen LogP contribution in [0.3, 0.4) is 0 Å². The highest BCUT2D eigenvalue weighted by atomic mass is 16.4. The van der Waals surface area contributed by atoms with Crippen molar-refractivity contribution in [1.82, 2.24) is 25.5 Å². The molecule has 0 fully saturated rings. The number of carboxylic acids is 3. The van der Waals surface area contributed by atoms with E-state index in [4.69, 9.17) is 10.2 Å². The molecule has 2 heterocycles. The lowest BCUT2D eigenvalue weighted by atomic mass is 10.0. The van der Waals surface area contributed by atoms with Crippen LogP contribution in [0.5, 0.6) is 0 Å². The number of hydrogen-bond donors (Lipinski definition) is 5. The van der Waals surface area contributed by atoms with Gasteiger partial charge in [0.05, 0.1) is 11.4 Å². The topological polar surface area (TPSA) is 199 Å². The summed E-state index contributed by atoms with van der Waals surface area (Å²) >= 11 is 0. The zero-order chi connectivity index (χ0) is 30.0. The van der Waals surface area contributed by atoms with E-state index in [1.54, 1.807) is 12.4 Å². The molecule has 0 saturated heterocycles. The quantitative estimate of drug-likeness (QED) is 0.146. The number of aliphatic carboxylic acids is 3. The second-order valence-electron chi connectivity index (χ2n) is 9.57. The number of carbonyl (C=O) groups is 5. The minimum absolute atomic E-state index is 0.0654. The molecule has 13 nitrogen and oxygen atoms in total. The first-order chi connectivity index (χ1) is 19.6. The Labute approximate surface area is 238 Å². The second-order valence-corrected chi connectivity index (χ2v) is 9.57. The Morgan fingerprint density at radius 1 is 0.707 bits per heavy atom. The normalized spacial score (nSPS) is 12.3.